The van der Waals surface area contributed by atoms with Gasteiger partial charge in [-0.2, -0.15) is 10.2 Å². The minimum Gasteiger partial charge on any atom is -0.376 e. The zero-order chi connectivity index (χ0) is 13.9. The molecule has 0 radical (unpaired) electrons. The lowest BCUT2D eigenvalue weighted by Crippen LogP contribution is -2.05. The summed E-state index contributed by atoms with van der Waals surface area (Å²) < 4.78 is 3.67. The first-order chi connectivity index (χ1) is 9.72. The van der Waals surface area contributed by atoms with Crippen molar-refractivity contribution in [2.24, 2.45) is 7.05 Å². The molecule has 3 rings (SSSR count). The normalized spacial score (nSPS) is 12.3. The number of nitrogens with zero attached hydrogens (tertiary/aromatic N) is 4. The third-order valence-corrected chi connectivity index (χ3v) is 3.21. The maximum Gasteiger partial charge on any atom is 0.0731 e. The van der Waals surface area contributed by atoms with Crippen LogP contribution in [0.3, 0.4) is 0 Å². The molecule has 2 aromatic heterocycles. The molecule has 5 nitrogen and oxygen atoms in total. The number of para-hydroxylation sites is 1. The van der Waals surface area contributed by atoms with Gasteiger partial charge >= 0.3 is 0 Å². The summed E-state index contributed by atoms with van der Waals surface area (Å²) in [5.41, 5.74) is 3.21. The summed E-state index contributed by atoms with van der Waals surface area (Å²) in [7, 11) is 1.91. The van der Waals surface area contributed by atoms with Crippen LogP contribution in [0.4, 0.5) is 5.69 Å². The zero-order valence-electron chi connectivity index (χ0n) is 11.6. The SMILES string of the molecule is CC(Nc1cnn(C)c1)c1cnn(-c2ccccc2)c1. The lowest BCUT2D eigenvalue weighted by atomic mass is 10.2. The van der Waals surface area contributed by atoms with E-state index in [-0.39, 0.29) is 6.04 Å². The Kier molecular flexibility index (Phi) is 3.25. The summed E-state index contributed by atoms with van der Waals surface area (Å²) in [4.78, 5) is 0. The summed E-state index contributed by atoms with van der Waals surface area (Å²) in [6, 6.07) is 10.3. The molecule has 20 heavy (non-hydrogen) atoms. The first-order valence-corrected chi connectivity index (χ1v) is 6.57. The molecule has 0 aliphatic heterocycles. The summed E-state index contributed by atoms with van der Waals surface area (Å²) in [5, 5.41) is 12.0. The van der Waals surface area contributed by atoms with Crippen molar-refractivity contribution in [1.82, 2.24) is 19.6 Å². The summed E-state index contributed by atoms with van der Waals surface area (Å²) >= 11 is 0. The van der Waals surface area contributed by atoms with Crippen molar-refractivity contribution in [3.05, 3.63) is 60.7 Å². The quantitative estimate of drug-likeness (QED) is 0.790. The first-order valence-electron chi connectivity index (χ1n) is 6.57. The molecule has 1 aromatic carbocycles. The molecule has 3 aromatic rings. The van der Waals surface area contributed by atoms with Gasteiger partial charge < -0.3 is 5.32 Å². The molecule has 0 amide bonds. The number of hydrogen-bond acceptors (Lipinski definition) is 3. The maximum atomic E-state index is 4.41. The predicted molar refractivity (Wildman–Crippen MR) is 78.8 cm³/mol. The third kappa shape index (κ3) is 2.56. The van der Waals surface area contributed by atoms with Crippen LogP contribution in [-0.2, 0) is 7.05 Å². The number of rotatable bonds is 4. The second kappa shape index (κ2) is 5.21. The molecule has 2 heterocycles. The average Bonchev–Trinajstić information content (AvgIpc) is 3.09. The highest BCUT2D eigenvalue weighted by atomic mass is 15.3. The fourth-order valence-corrected chi connectivity index (χ4v) is 2.11. The van der Waals surface area contributed by atoms with E-state index in [1.807, 2.05) is 66.8 Å². The van der Waals surface area contributed by atoms with E-state index >= 15 is 0 Å². The predicted octanol–water partition coefficient (Wildman–Crippen LogP) is 2.78. The van der Waals surface area contributed by atoms with E-state index in [1.165, 1.54) is 0 Å². The van der Waals surface area contributed by atoms with Crippen molar-refractivity contribution in [3.8, 4) is 5.69 Å². The van der Waals surface area contributed by atoms with E-state index in [2.05, 4.69) is 22.4 Å². The Labute approximate surface area is 117 Å². The molecule has 0 saturated carbocycles. The largest absolute Gasteiger partial charge is 0.376 e. The first kappa shape index (κ1) is 12.5. The van der Waals surface area contributed by atoms with E-state index in [4.69, 9.17) is 0 Å². The topological polar surface area (TPSA) is 47.7 Å². The molecule has 0 fully saturated rings. The van der Waals surface area contributed by atoms with Crippen LogP contribution in [0.25, 0.3) is 5.69 Å². The van der Waals surface area contributed by atoms with Gasteiger partial charge in [0.1, 0.15) is 0 Å². The zero-order valence-corrected chi connectivity index (χ0v) is 11.6. The van der Waals surface area contributed by atoms with Crippen LogP contribution in [0.1, 0.15) is 18.5 Å². The van der Waals surface area contributed by atoms with Gasteiger partial charge in [-0.1, -0.05) is 18.2 Å². The van der Waals surface area contributed by atoms with Crippen molar-refractivity contribution in [1.29, 1.82) is 0 Å². The highest BCUT2D eigenvalue weighted by Crippen LogP contribution is 2.19. The van der Waals surface area contributed by atoms with Gasteiger partial charge in [-0.05, 0) is 19.1 Å². The Morgan fingerprint density at radius 1 is 1.05 bits per heavy atom. The Morgan fingerprint density at radius 2 is 1.85 bits per heavy atom. The Bertz CT molecular complexity index is 683. The van der Waals surface area contributed by atoms with Gasteiger partial charge in [0.15, 0.2) is 0 Å². The molecule has 1 atom stereocenters. The van der Waals surface area contributed by atoms with E-state index in [0.717, 1.165) is 16.9 Å². The van der Waals surface area contributed by atoms with Gasteiger partial charge in [0, 0.05) is 25.0 Å². The van der Waals surface area contributed by atoms with Crippen molar-refractivity contribution < 1.29 is 0 Å². The fourth-order valence-electron chi connectivity index (χ4n) is 2.11. The van der Waals surface area contributed by atoms with Crippen LogP contribution in [-0.4, -0.2) is 19.6 Å². The third-order valence-electron chi connectivity index (χ3n) is 3.21. The van der Waals surface area contributed by atoms with Crippen molar-refractivity contribution in [3.63, 3.8) is 0 Å². The number of hydrogen-bond donors (Lipinski definition) is 1. The van der Waals surface area contributed by atoms with Crippen LogP contribution in [0.15, 0.2) is 55.1 Å². The monoisotopic (exact) mass is 267 g/mol. The summed E-state index contributed by atoms with van der Waals surface area (Å²) in [5.74, 6) is 0. The summed E-state index contributed by atoms with van der Waals surface area (Å²) in [6.45, 7) is 2.11. The molecular weight excluding hydrogens is 250 g/mol. The molecular formula is C15H17N5. The van der Waals surface area contributed by atoms with E-state index in [9.17, 15) is 0 Å². The van der Waals surface area contributed by atoms with Gasteiger partial charge in [0.25, 0.3) is 0 Å². The average molecular weight is 267 g/mol. The van der Waals surface area contributed by atoms with Crippen molar-refractivity contribution in [2.45, 2.75) is 13.0 Å². The highest BCUT2D eigenvalue weighted by Gasteiger charge is 2.09. The molecule has 1 unspecified atom stereocenters. The minimum absolute atomic E-state index is 0.177. The molecule has 1 N–H and O–H groups in total. The lowest BCUT2D eigenvalue weighted by Gasteiger charge is -2.11. The Morgan fingerprint density at radius 3 is 2.55 bits per heavy atom. The highest BCUT2D eigenvalue weighted by molar-refractivity contribution is 5.41. The number of aromatic nitrogens is 4. The number of nitrogens with one attached hydrogen (secondary N) is 1. The second-order valence-corrected chi connectivity index (χ2v) is 4.82. The fraction of sp³-hybridized carbons (Fsp3) is 0.200. The van der Waals surface area contributed by atoms with Crippen LogP contribution in [0.2, 0.25) is 0 Å². The van der Waals surface area contributed by atoms with Crippen LogP contribution < -0.4 is 5.32 Å². The molecule has 0 saturated heterocycles. The van der Waals surface area contributed by atoms with E-state index < -0.39 is 0 Å². The maximum absolute atomic E-state index is 4.41. The molecule has 5 heteroatoms. The van der Waals surface area contributed by atoms with Crippen molar-refractivity contribution in [2.75, 3.05) is 5.32 Å². The van der Waals surface area contributed by atoms with Gasteiger partial charge in [-0.25, -0.2) is 4.68 Å². The van der Waals surface area contributed by atoms with Gasteiger partial charge in [0.05, 0.1) is 29.8 Å². The molecule has 0 spiro atoms. The van der Waals surface area contributed by atoms with Crippen LogP contribution in [0, 0.1) is 0 Å². The number of aryl methyl sites for hydroxylation is 1. The molecule has 102 valence electrons. The molecule has 0 aliphatic rings. The Hall–Kier alpha value is -2.56. The van der Waals surface area contributed by atoms with Crippen LogP contribution in [0.5, 0.6) is 0 Å². The van der Waals surface area contributed by atoms with Gasteiger partial charge in [-0.15, -0.1) is 0 Å². The number of anilines is 1. The molecule has 0 bridgehead atoms. The second-order valence-electron chi connectivity index (χ2n) is 4.82. The lowest BCUT2D eigenvalue weighted by molar-refractivity contribution is 0.767. The van der Waals surface area contributed by atoms with Crippen molar-refractivity contribution >= 4 is 5.69 Å². The smallest absolute Gasteiger partial charge is 0.0731 e. The van der Waals surface area contributed by atoms with Gasteiger partial charge in [0.2, 0.25) is 0 Å². The minimum atomic E-state index is 0.177. The molecule has 0 aliphatic carbocycles. The van der Waals surface area contributed by atoms with Gasteiger partial charge in [-0.3, -0.25) is 4.68 Å². The number of benzene rings is 1. The van der Waals surface area contributed by atoms with Crippen LogP contribution >= 0.6 is 0 Å². The van der Waals surface area contributed by atoms with E-state index in [0.29, 0.717) is 0 Å². The summed E-state index contributed by atoms with van der Waals surface area (Å²) in [6.07, 6.45) is 7.71. The van der Waals surface area contributed by atoms with E-state index in [1.54, 1.807) is 4.68 Å². The Balaban J connectivity index is 1.76. The standard InChI is InChI=1S/C15H17N5/c1-12(18-14-9-16-19(2)11-14)13-8-17-20(10-13)15-6-4-3-5-7-15/h3-12,18H,1-2H3.